The Labute approximate surface area is 135 Å². The van der Waals surface area contributed by atoms with Gasteiger partial charge in [-0.1, -0.05) is 24.3 Å². The van der Waals surface area contributed by atoms with Gasteiger partial charge < -0.3 is 9.13 Å². The smallest absolute Gasteiger partial charge is 0.0946 e. The zero-order valence-corrected chi connectivity index (χ0v) is 12.8. The quantitative estimate of drug-likeness (QED) is 0.563. The normalized spacial score (nSPS) is 12.5. The number of fused-ring (bicyclic) bond motifs is 1. The summed E-state index contributed by atoms with van der Waals surface area (Å²) < 4.78 is 4.43. The number of nitrogens with zero attached hydrogens (tertiary/aromatic N) is 4. The topological polar surface area (TPSA) is 35.6 Å². The number of para-hydroxylation sites is 1. The van der Waals surface area contributed by atoms with Crippen LogP contribution in [-0.2, 0) is 13.1 Å². The monoisotopic (exact) mass is 302 g/mol. The highest BCUT2D eigenvalue weighted by Gasteiger charge is 2.15. The SMILES string of the molecule is c1ccc(C(Cn2ccnc2)Cn2ccc3ccccc32)nc1. The molecule has 1 atom stereocenters. The van der Waals surface area contributed by atoms with Crippen LogP contribution < -0.4 is 0 Å². The molecule has 0 aliphatic heterocycles. The van der Waals surface area contributed by atoms with Crippen molar-refractivity contribution in [2.24, 2.45) is 0 Å². The lowest BCUT2D eigenvalue weighted by molar-refractivity contribution is 0.484. The van der Waals surface area contributed by atoms with Gasteiger partial charge >= 0.3 is 0 Å². The molecule has 4 nitrogen and oxygen atoms in total. The second kappa shape index (κ2) is 6.08. The second-order valence-electron chi connectivity index (χ2n) is 5.74. The molecule has 23 heavy (non-hydrogen) atoms. The second-order valence-corrected chi connectivity index (χ2v) is 5.74. The Morgan fingerprint density at radius 2 is 1.78 bits per heavy atom. The zero-order valence-electron chi connectivity index (χ0n) is 12.8. The number of hydrogen-bond donors (Lipinski definition) is 0. The Morgan fingerprint density at radius 1 is 0.870 bits per heavy atom. The van der Waals surface area contributed by atoms with Crippen LogP contribution in [0.1, 0.15) is 11.6 Å². The van der Waals surface area contributed by atoms with E-state index in [1.54, 1.807) is 0 Å². The summed E-state index contributed by atoms with van der Waals surface area (Å²) in [6.45, 7) is 1.76. The Hall–Kier alpha value is -2.88. The minimum atomic E-state index is 0.293. The maximum absolute atomic E-state index is 4.57. The number of aromatic nitrogens is 4. The molecule has 0 aliphatic carbocycles. The first kappa shape index (κ1) is 13.8. The summed E-state index contributed by atoms with van der Waals surface area (Å²) in [7, 11) is 0. The number of imidazole rings is 1. The highest BCUT2D eigenvalue weighted by molar-refractivity contribution is 5.79. The Balaban J connectivity index is 1.67. The number of benzene rings is 1. The van der Waals surface area contributed by atoms with Crippen LogP contribution in [0.25, 0.3) is 10.9 Å². The van der Waals surface area contributed by atoms with E-state index in [1.807, 2.05) is 31.0 Å². The van der Waals surface area contributed by atoms with Crippen LogP contribution in [0.4, 0.5) is 0 Å². The van der Waals surface area contributed by atoms with E-state index in [2.05, 4.69) is 67.8 Å². The van der Waals surface area contributed by atoms with Gasteiger partial charge in [-0.3, -0.25) is 4.98 Å². The van der Waals surface area contributed by atoms with Crippen molar-refractivity contribution in [2.75, 3.05) is 0 Å². The van der Waals surface area contributed by atoms with Gasteiger partial charge in [0.15, 0.2) is 0 Å². The molecule has 1 unspecified atom stereocenters. The van der Waals surface area contributed by atoms with Gasteiger partial charge in [0.25, 0.3) is 0 Å². The van der Waals surface area contributed by atoms with Gasteiger partial charge in [-0.25, -0.2) is 4.98 Å². The molecular formula is C19H18N4. The van der Waals surface area contributed by atoms with Crippen molar-refractivity contribution in [3.63, 3.8) is 0 Å². The molecule has 4 rings (SSSR count). The van der Waals surface area contributed by atoms with Crippen molar-refractivity contribution < 1.29 is 0 Å². The molecule has 0 amide bonds. The largest absolute Gasteiger partial charge is 0.347 e. The zero-order chi connectivity index (χ0) is 15.5. The van der Waals surface area contributed by atoms with E-state index in [1.165, 1.54) is 10.9 Å². The first-order valence-corrected chi connectivity index (χ1v) is 7.81. The third-order valence-corrected chi connectivity index (χ3v) is 4.19. The Morgan fingerprint density at radius 3 is 2.61 bits per heavy atom. The lowest BCUT2D eigenvalue weighted by Gasteiger charge is -2.18. The molecule has 4 heteroatoms. The molecule has 114 valence electrons. The van der Waals surface area contributed by atoms with Crippen molar-refractivity contribution in [1.29, 1.82) is 0 Å². The van der Waals surface area contributed by atoms with Crippen LogP contribution in [0.3, 0.4) is 0 Å². The fourth-order valence-electron chi connectivity index (χ4n) is 3.05. The average Bonchev–Trinajstić information content (AvgIpc) is 3.25. The highest BCUT2D eigenvalue weighted by atomic mass is 15.0. The fraction of sp³-hybridized carbons (Fsp3) is 0.158. The molecule has 3 heterocycles. The van der Waals surface area contributed by atoms with E-state index in [0.717, 1.165) is 18.8 Å². The summed E-state index contributed by atoms with van der Waals surface area (Å²) >= 11 is 0. The Bertz CT molecular complexity index is 878. The van der Waals surface area contributed by atoms with Crippen molar-refractivity contribution in [2.45, 2.75) is 19.0 Å². The predicted octanol–water partition coefficient (Wildman–Crippen LogP) is 3.72. The van der Waals surface area contributed by atoms with Crippen LogP contribution in [-0.4, -0.2) is 19.1 Å². The first-order chi connectivity index (χ1) is 11.4. The minimum absolute atomic E-state index is 0.293. The number of hydrogen-bond acceptors (Lipinski definition) is 2. The maximum Gasteiger partial charge on any atom is 0.0946 e. The predicted molar refractivity (Wildman–Crippen MR) is 91.1 cm³/mol. The van der Waals surface area contributed by atoms with Crippen molar-refractivity contribution in [3.05, 3.63) is 85.3 Å². The van der Waals surface area contributed by atoms with Gasteiger partial charge in [-0.05, 0) is 29.7 Å². The van der Waals surface area contributed by atoms with Crippen molar-refractivity contribution in [3.8, 4) is 0 Å². The molecule has 0 N–H and O–H groups in total. The highest BCUT2D eigenvalue weighted by Crippen LogP contribution is 2.22. The third kappa shape index (κ3) is 2.88. The fourth-order valence-corrected chi connectivity index (χ4v) is 3.05. The van der Waals surface area contributed by atoms with Crippen molar-refractivity contribution in [1.82, 2.24) is 19.1 Å². The van der Waals surface area contributed by atoms with Crippen LogP contribution in [0.2, 0.25) is 0 Å². The average molecular weight is 302 g/mol. The third-order valence-electron chi connectivity index (χ3n) is 4.19. The lowest BCUT2D eigenvalue weighted by atomic mass is 10.0. The molecular weight excluding hydrogens is 284 g/mol. The van der Waals surface area contributed by atoms with Gasteiger partial charge in [-0.15, -0.1) is 0 Å². The summed E-state index contributed by atoms with van der Waals surface area (Å²) in [4.78, 5) is 8.72. The molecule has 0 fully saturated rings. The summed E-state index contributed by atoms with van der Waals surface area (Å²) in [5.41, 5.74) is 2.37. The molecule has 0 spiro atoms. The van der Waals surface area contributed by atoms with Gasteiger partial charge in [0.05, 0.1) is 6.33 Å². The first-order valence-electron chi connectivity index (χ1n) is 7.81. The molecule has 0 saturated carbocycles. The Kier molecular flexibility index (Phi) is 3.64. The van der Waals surface area contributed by atoms with Gasteiger partial charge in [0, 0.05) is 55.0 Å². The van der Waals surface area contributed by atoms with Crippen molar-refractivity contribution >= 4 is 10.9 Å². The van der Waals surface area contributed by atoms with Crippen LogP contribution in [0, 0.1) is 0 Å². The number of rotatable bonds is 5. The molecule has 0 saturated heterocycles. The van der Waals surface area contributed by atoms with Gasteiger partial charge in [0.2, 0.25) is 0 Å². The minimum Gasteiger partial charge on any atom is -0.347 e. The lowest BCUT2D eigenvalue weighted by Crippen LogP contribution is -2.15. The molecule has 0 radical (unpaired) electrons. The standard InChI is InChI=1S/C19H18N4/c1-2-7-19-16(5-1)8-11-23(19)14-17(13-22-12-10-20-15-22)18-6-3-4-9-21-18/h1-12,15,17H,13-14H2. The summed E-state index contributed by atoms with van der Waals surface area (Å²) in [6, 6.07) is 16.8. The summed E-state index contributed by atoms with van der Waals surface area (Å²) in [6.07, 6.45) is 9.71. The molecule has 1 aromatic carbocycles. The van der Waals surface area contributed by atoms with E-state index in [-0.39, 0.29) is 0 Å². The van der Waals surface area contributed by atoms with Crippen LogP contribution in [0.5, 0.6) is 0 Å². The molecule has 0 bridgehead atoms. The van der Waals surface area contributed by atoms with E-state index < -0.39 is 0 Å². The maximum atomic E-state index is 4.57. The van der Waals surface area contributed by atoms with E-state index in [0.29, 0.717) is 5.92 Å². The summed E-state index contributed by atoms with van der Waals surface area (Å²) in [5, 5.41) is 1.27. The van der Waals surface area contributed by atoms with Gasteiger partial charge in [0.1, 0.15) is 0 Å². The molecule has 4 aromatic rings. The van der Waals surface area contributed by atoms with E-state index in [4.69, 9.17) is 0 Å². The van der Waals surface area contributed by atoms with Crippen LogP contribution >= 0.6 is 0 Å². The number of pyridine rings is 1. The van der Waals surface area contributed by atoms with E-state index >= 15 is 0 Å². The van der Waals surface area contributed by atoms with Crippen LogP contribution in [0.15, 0.2) is 79.6 Å². The van der Waals surface area contributed by atoms with E-state index in [9.17, 15) is 0 Å². The summed E-state index contributed by atoms with van der Waals surface area (Å²) in [5.74, 6) is 0.293. The molecule has 3 aromatic heterocycles. The molecule has 0 aliphatic rings. The van der Waals surface area contributed by atoms with Gasteiger partial charge in [-0.2, -0.15) is 0 Å².